The minimum Gasteiger partial charge on any atom is -0.491 e. The van der Waals surface area contributed by atoms with E-state index in [1.807, 2.05) is 6.07 Å². The first kappa shape index (κ1) is 16.6. The van der Waals surface area contributed by atoms with Crippen LogP contribution in [-0.2, 0) is 0 Å². The van der Waals surface area contributed by atoms with Crippen LogP contribution < -0.4 is 10.1 Å². The summed E-state index contributed by atoms with van der Waals surface area (Å²) in [6.07, 6.45) is 2.30. The average Bonchev–Trinajstić information content (AvgIpc) is 2.33. The number of hydrogen-bond acceptors (Lipinski definition) is 2. The summed E-state index contributed by atoms with van der Waals surface area (Å²) >= 11 is 11.8. The fourth-order valence-electron chi connectivity index (χ4n) is 1.75. The van der Waals surface area contributed by atoms with E-state index in [2.05, 4.69) is 26.1 Å². The lowest BCUT2D eigenvalue weighted by atomic mass is 10.2. The third-order valence-electron chi connectivity index (χ3n) is 2.75. The lowest BCUT2D eigenvalue weighted by molar-refractivity contribution is 0.207. The van der Waals surface area contributed by atoms with Gasteiger partial charge in [0.15, 0.2) is 0 Å². The summed E-state index contributed by atoms with van der Waals surface area (Å²) in [5, 5.41) is 4.51. The average molecular weight is 304 g/mol. The molecule has 1 unspecified atom stereocenters. The van der Waals surface area contributed by atoms with Crippen molar-refractivity contribution in [3.63, 3.8) is 0 Å². The first-order valence-electron chi connectivity index (χ1n) is 6.81. The summed E-state index contributed by atoms with van der Waals surface area (Å²) in [4.78, 5) is 0. The highest BCUT2D eigenvalue weighted by Gasteiger charge is 2.06. The molecule has 0 aromatic heterocycles. The van der Waals surface area contributed by atoms with Crippen LogP contribution in [0, 0.1) is 5.92 Å². The Morgan fingerprint density at radius 1 is 1.16 bits per heavy atom. The number of hydrogen-bond donors (Lipinski definition) is 1. The first-order valence-corrected chi connectivity index (χ1v) is 7.57. The molecule has 0 amide bonds. The van der Waals surface area contributed by atoms with E-state index in [1.165, 1.54) is 0 Å². The molecule has 0 bridgehead atoms. The zero-order chi connectivity index (χ0) is 14.3. The Bertz CT molecular complexity index is 382. The second-order valence-corrected chi connectivity index (χ2v) is 6.06. The van der Waals surface area contributed by atoms with E-state index >= 15 is 0 Å². The summed E-state index contributed by atoms with van der Waals surface area (Å²) in [5.41, 5.74) is 0. The maximum absolute atomic E-state index is 5.95. The van der Waals surface area contributed by atoms with Crippen molar-refractivity contribution < 1.29 is 4.74 Å². The topological polar surface area (TPSA) is 21.3 Å². The predicted octanol–water partition coefficient (Wildman–Crippen LogP) is 4.79. The van der Waals surface area contributed by atoms with E-state index in [4.69, 9.17) is 27.9 Å². The standard InChI is InChI=1S/C15H23Cl2NO/c1-11(2)10-18-8-4-5-12(3)19-13-6-7-14(16)15(17)9-13/h6-7,9,11-12,18H,4-5,8,10H2,1-3H3. The number of ether oxygens (including phenoxy) is 1. The molecule has 1 atom stereocenters. The molecule has 0 saturated carbocycles. The first-order chi connectivity index (χ1) is 8.99. The predicted molar refractivity (Wildman–Crippen MR) is 83.5 cm³/mol. The molecule has 1 rings (SSSR count). The fraction of sp³-hybridized carbons (Fsp3) is 0.600. The Kier molecular flexibility index (Phi) is 7.59. The third-order valence-corrected chi connectivity index (χ3v) is 3.48. The van der Waals surface area contributed by atoms with E-state index in [1.54, 1.807) is 12.1 Å². The summed E-state index contributed by atoms with van der Waals surface area (Å²) in [7, 11) is 0. The van der Waals surface area contributed by atoms with Crippen LogP contribution in [0.4, 0.5) is 0 Å². The number of halogens is 2. The molecule has 0 aliphatic rings. The van der Waals surface area contributed by atoms with Crippen LogP contribution in [0.5, 0.6) is 5.75 Å². The Morgan fingerprint density at radius 2 is 1.89 bits per heavy atom. The van der Waals surface area contributed by atoms with Gasteiger partial charge in [-0.1, -0.05) is 37.0 Å². The van der Waals surface area contributed by atoms with Crippen LogP contribution >= 0.6 is 23.2 Å². The van der Waals surface area contributed by atoms with E-state index in [-0.39, 0.29) is 6.10 Å². The van der Waals surface area contributed by atoms with Crippen LogP contribution in [-0.4, -0.2) is 19.2 Å². The molecule has 0 saturated heterocycles. The lowest BCUT2D eigenvalue weighted by Gasteiger charge is -2.15. The Hall–Kier alpha value is -0.440. The van der Waals surface area contributed by atoms with Crippen LogP contribution in [0.3, 0.4) is 0 Å². The van der Waals surface area contributed by atoms with Gasteiger partial charge in [-0.25, -0.2) is 0 Å². The van der Waals surface area contributed by atoms with Gasteiger partial charge in [-0.05, 0) is 50.9 Å². The van der Waals surface area contributed by atoms with Gasteiger partial charge in [-0.2, -0.15) is 0 Å². The second kappa shape index (κ2) is 8.68. The van der Waals surface area contributed by atoms with Crippen molar-refractivity contribution in [1.82, 2.24) is 5.32 Å². The van der Waals surface area contributed by atoms with Gasteiger partial charge >= 0.3 is 0 Å². The molecule has 2 nitrogen and oxygen atoms in total. The number of nitrogens with one attached hydrogen (secondary N) is 1. The van der Waals surface area contributed by atoms with E-state index in [0.29, 0.717) is 16.0 Å². The van der Waals surface area contributed by atoms with Gasteiger partial charge in [0.25, 0.3) is 0 Å². The molecule has 1 N–H and O–H groups in total. The molecule has 0 fully saturated rings. The summed E-state index contributed by atoms with van der Waals surface area (Å²) in [6, 6.07) is 5.37. The zero-order valence-electron chi connectivity index (χ0n) is 11.9. The van der Waals surface area contributed by atoms with Gasteiger partial charge in [0.2, 0.25) is 0 Å². The van der Waals surface area contributed by atoms with Gasteiger partial charge < -0.3 is 10.1 Å². The molecular weight excluding hydrogens is 281 g/mol. The molecule has 0 aliphatic carbocycles. The van der Waals surface area contributed by atoms with Gasteiger partial charge in [-0.15, -0.1) is 0 Å². The van der Waals surface area contributed by atoms with Gasteiger partial charge in [-0.3, -0.25) is 0 Å². The largest absolute Gasteiger partial charge is 0.491 e. The van der Waals surface area contributed by atoms with Crippen molar-refractivity contribution in [2.75, 3.05) is 13.1 Å². The van der Waals surface area contributed by atoms with E-state index in [9.17, 15) is 0 Å². The summed E-state index contributed by atoms with van der Waals surface area (Å²) in [6.45, 7) is 8.60. The molecule has 1 aromatic rings. The Morgan fingerprint density at radius 3 is 2.53 bits per heavy atom. The molecule has 0 aliphatic heterocycles. The van der Waals surface area contributed by atoms with Crippen LogP contribution in [0.25, 0.3) is 0 Å². The van der Waals surface area contributed by atoms with Crippen LogP contribution in [0.15, 0.2) is 18.2 Å². The Balaban J connectivity index is 2.23. The minimum absolute atomic E-state index is 0.179. The minimum atomic E-state index is 0.179. The quantitative estimate of drug-likeness (QED) is 0.697. The number of benzene rings is 1. The maximum Gasteiger partial charge on any atom is 0.121 e. The van der Waals surface area contributed by atoms with Gasteiger partial charge in [0.1, 0.15) is 5.75 Å². The highest BCUT2D eigenvalue weighted by molar-refractivity contribution is 6.42. The van der Waals surface area contributed by atoms with Crippen molar-refractivity contribution in [3.05, 3.63) is 28.2 Å². The van der Waals surface area contributed by atoms with Crippen molar-refractivity contribution in [2.24, 2.45) is 5.92 Å². The molecule has 0 radical (unpaired) electrons. The van der Waals surface area contributed by atoms with E-state index in [0.717, 1.165) is 31.7 Å². The Labute approximate surface area is 126 Å². The molecule has 108 valence electrons. The maximum atomic E-state index is 5.95. The van der Waals surface area contributed by atoms with Crippen molar-refractivity contribution in [2.45, 2.75) is 39.7 Å². The lowest BCUT2D eigenvalue weighted by Crippen LogP contribution is -2.22. The highest BCUT2D eigenvalue weighted by atomic mass is 35.5. The molecule has 0 heterocycles. The summed E-state index contributed by atoms with van der Waals surface area (Å²) in [5.74, 6) is 1.47. The second-order valence-electron chi connectivity index (χ2n) is 5.24. The van der Waals surface area contributed by atoms with Crippen LogP contribution in [0.1, 0.15) is 33.6 Å². The van der Waals surface area contributed by atoms with Crippen molar-refractivity contribution >= 4 is 23.2 Å². The molecular formula is C15H23Cl2NO. The van der Waals surface area contributed by atoms with Crippen molar-refractivity contribution in [3.8, 4) is 5.75 Å². The monoisotopic (exact) mass is 303 g/mol. The number of rotatable bonds is 8. The SMILES string of the molecule is CC(C)CNCCCC(C)Oc1ccc(Cl)c(Cl)c1. The highest BCUT2D eigenvalue weighted by Crippen LogP contribution is 2.27. The van der Waals surface area contributed by atoms with Crippen molar-refractivity contribution in [1.29, 1.82) is 0 Å². The molecule has 1 aromatic carbocycles. The third kappa shape index (κ3) is 7.05. The fourth-order valence-corrected chi connectivity index (χ4v) is 2.03. The normalized spacial score (nSPS) is 12.7. The van der Waals surface area contributed by atoms with Crippen LogP contribution in [0.2, 0.25) is 10.0 Å². The molecule has 19 heavy (non-hydrogen) atoms. The molecule has 4 heteroatoms. The smallest absolute Gasteiger partial charge is 0.121 e. The van der Waals surface area contributed by atoms with Gasteiger partial charge in [0, 0.05) is 6.07 Å². The molecule has 0 spiro atoms. The summed E-state index contributed by atoms with van der Waals surface area (Å²) < 4.78 is 5.81. The van der Waals surface area contributed by atoms with Gasteiger partial charge in [0.05, 0.1) is 16.1 Å². The zero-order valence-corrected chi connectivity index (χ0v) is 13.4. The van der Waals surface area contributed by atoms with E-state index < -0.39 is 0 Å².